The third-order valence-corrected chi connectivity index (χ3v) is 4.85. The van der Waals surface area contributed by atoms with Crippen LogP contribution in [0.4, 0.5) is 0 Å². The highest BCUT2D eigenvalue weighted by molar-refractivity contribution is 5.94. The molecular formula is C20H28N4O3. The minimum atomic E-state index is -0.120. The standard InChI is InChI=1S/C20H28N4O3/c1-5-23(13-16-8-6-7-9-21-16)20(25)19-17-12-14(2)27-15(3)18(17)22-24(19)10-11-26-4/h6-9,14-15H,5,10-13H2,1-4H3/t14-,15+/m1/s1. The largest absolute Gasteiger partial charge is 0.383 e. The van der Waals surface area contributed by atoms with Crippen LogP contribution in [0.2, 0.25) is 0 Å². The van der Waals surface area contributed by atoms with Crippen LogP contribution in [-0.4, -0.2) is 51.9 Å². The van der Waals surface area contributed by atoms with E-state index in [1.54, 1.807) is 18.0 Å². The summed E-state index contributed by atoms with van der Waals surface area (Å²) in [5.74, 6) is -0.0192. The van der Waals surface area contributed by atoms with Gasteiger partial charge < -0.3 is 14.4 Å². The molecule has 7 nitrogen and oxygen atoms in total. The third-order valence-electron chi connectivity index (χ3n) is 4.85. The van der Waals surface area contributed by atoms with Gasteiger partial charge in [-0.3, -0.25) is 14.5 Å². The molecule has 1 amide bonds. The second-order valence-electron chi connectivity index (χ2n) is 6.86. The van der Waals surface area contributed by atoms with E-state index < -0.39 is 0 Å². The number of fused-ring (bicyclic) bond motifs is 1. The maximum absolute atomic E-state index is 13.5. The number of hydrogen-bond donors (Lipinski definition) is 0. The predicted octanol–water partition coefficient (Wildman–Crippen LogP) is 2.61. The second kappa shape index (κ2) is 8.63. The van der Waals surface area contributed by atoms with E-state index in [-0.39, 0.29) is 18.1 Å². The van der Waals surface area contributed by atoms with Crippen molar-refractivity contribution < 1.29 is 14.3 Å². The highest BCUT2D eigenvalue weighted by Gasteiger charge is 2.33. The Balaban J connectivity index is 1.96. The van der Waals surface area contributed by atoms with E-state index in [1.165, 1.54) is 0 Å². The molecule has 7 heteroatoms. The van der Waals surface area contributed by atoms with E-state index in [0.717, 1.165) is 17.0 Å². The molecule has 146 valence electrons. The summed E-state index contributed by atoms with van der Waals surface area (Å²) < 4.78 is 12.9. The molecular weight excluding hydrogens is 344 g/mol. The van der Waals surface area contributed by atoms with Gasteiger partial charge in [-0.05, 0) is 32.9 Å². The zero-order chi connectivity index (χ0) is 19.4. The number of carbonyl (C=O) groups is 1. The molecule has 0 unspecified atom stereocenters. The number of aromatic nitrogens is 3. The molecule has 0 bridgehead atoms. The quantitative estimate of drug-likeness (QED) is 0.747. The lowest BCUT2D eigenvalue weighted by Crippen LogP contribution is -2.34. The summed E-state index contributed by atoms with van der Waals surface area (Å²) in [7, 11) is 1.65. The van der Waals surface area contributed by atoms with Gasteiger partial charge in [-0.1, -0.05) is 6.07 Å². The van der Waals surface area contributed by atoms with E-state index in [0.29, 0.717) is 38.4 Å². The Morgan fingerprint density at radius 1 is 1.41 bits per heavy atom. The molecule has 0 aliphatic carbocycles. The normalized spacial score (nSPS) is 19.0. The molecule has 0 saturated heterocycles. The van der Waals surface area contributed by atoms with Gasteiger partial charge in [-0.15, -0.1) is 0 Å². The first kappa shape index (κ1) is 19.5. The maximum Gasteiger partial charge on any atom is 0.272 e. The molecule has 0 N–H and O–H groups in total. The molecule has 27 heavy (non-hydrogen) atoms. The van der Waals surface area contributed by atoms with E-state index in [2.05, 4.69) is 4.98 Å². The van der Waals surface area contributed by atoms with Crippen molar-refractivity contribution in [2.24, 2.45) is 0 Å². The van der Waals surface area contributed by atoms with Crippen molar-refractivity contribution in [3.05, 3.63) is 47.0 Å². The number of rotatable bonds is 7. The lowest BCUT2D eigenvalue weighted by molar-refractivity contribution is -0.00720. The number of amides is 1. The second-order valence-corrected chi connectivity index (χ2v) is 6.86. The van der Waals surface area contributed by atoms with Crippen LogP contribution in [0.15, 0.2) is 24.4 Å². The minimum Gasteiger partial charge on any atom is -0.383 e. The lowest BCUT2D eigenvalue weighted by Gasteiger charge is -2.26. The molecule has 2 atom stereocenters. The monoisotopic (exact) mass is 372 g/mol. The molecule has 0 saturated carbocycles. The summed E-state index contributed by atoms with van der Waals surface area (Å²) in [4.78, 5) is 19.6. The first-order valence-corrected chi connectivity index (χ1v) is 9.48. The smallest absolute Gasteiger partial charge is 0.272 e. The van der Waals surface area contributed by atoms with Crippen LogP contribution in [0.5, 0.6) is 0 Å². The molecule has 3 rings (SSSR count). The fraction of sp³-hybridized carbons (Fsp3) is 0.550. The molecule has 0 spiro atoms. The summed E-state index contributed by atoms with van der Waals surface area (Å²) in [6, 6.07) is 5.75. The third kappa shape index (κ3) is 4.20. The Morgan fingerprint density at radius 3 is 2.89 bits per heavy atom. The van der Waals surface area contributed by atoms with E-state index in [1.807, 2.05) is 43.9 Å². The SMILES string of the molecule is CCN(Cc1ccccn1)C(=O)c1c2c(nn1CCOC)[C@H](C)O[C@H](C)C2. The van der Waals surface area contributed by atoms with Gasteiger partial charge in [0.15, 0.2) is 0 Å². The number of carbonyl (C=O) groups excluding carboxylic acids is 1. The van der Waals surface area contributed by atoms with Gasteiger partial charge in [0.1, 0.15) is 5.69 Å². The van der Waals surface area contributed by atoms with Gasteiger partial charge in [0.25, 0.3) is 5.91 Å². The number of pyridine rings is 1. The van der Waals surface area contributed by atoms with Gasteiger partial charge in [0, 0.05) is 31.8 Å². The molecule has 1 aliphatic heterocycles. The van der Waals surface area contributed by atoms with Crippen LogP contribution in [0.3, 0.4) is 0 Å². The zero-order valence-corrected chi connectivity index (χ0v) is 16.5. The number of nitrogens with zero attached hydrogens (tertiary/aromatic N) is 4. The Kier molecular flexibility index (Phi) is 6.23. The lowest BCUT2D eigenvalue weighted by atomic mass is 9.99. The number of ether oxygens (including phenoxy) is 2. The number of hydrogen-bond acceptors (Lipinski definition) is 5. The van der Waals surface area contributed by atoms with Crippen molar-refractivity contribution in [1.29, 1.82) is 0 Å². The molecule has 0 radical (unpaired) electrons. The molecule has 3 heterocycles. The summed E-state index contributed by atoms with van der Waals surface area (Å²) >= 11 is 0. The Labute approximate surface area is 160 Å². The van der Waals surface area contributed by atoms with Crippen LogP contribution in [0.1, 0.15) is 54.3 Å². The van der Waals surface area contributed by atoms with Crippen molar-refractivity contribution in [2.45, 2.75) is 52.5 Å². The van der Waals surface area contributed by atoms with Crippen molar-refractivity contribution in [3.8, 4) is 0 Å². The summed E-state index contributed by atoms with van der Waals surface area (Å²) in [6.45, 7) is 8.11. The molecule has 0 fully saturated rings. The first-order valence-electron chi connectivity index (χ1n) is 9.48. The van der Waals surface area contributed by atoms with Gasteiger partial charge >= 0.3 is 0 Å². The highest BCUT2D eigenvalue weighted by Crippen LogP contribution is 2.32. The van der Waals surface area contributed by atoms with Crippen LogP contribution >= 0.6 is 0 Å². The number of methoxy groups -OCH3 is 1. The summed E-state index contributed by atoms with van der Waals surface area (Å²) in [5.41, 5.74) is 3.39. The van der Waals surface area contributed by atoms with Gasteiger partial charge in [-0.2, -0.15) is 5.10 Å². The van der Waals surface area contributed by atoms with Crippen LogP contribution < -0.4 is 0 Å². The minimum absolute atomic E-state index is 0.0192. The van der Waals surface area contributed by atoms with Crippen LogP contribution in [0, 0.1) is 0 Å². The molecule has 2 aromatic heterocycles. The van der Waals surface area contributed by atoms with Gasteiger partial charge in [-0.25, -0.2) is 0 Å². The molecule has 2 aromatic rings. The topological polar surface area (TPSA) is 69.5 Å². The van der Waals surface area contributed by atoms with E-state index in [9.17, 15) is 4.79 Å². The Bertz CT molecular complexity index is 775. The Hall–Kier alpha value is -2.25. The Morgan fingerprint density at radius 2 is 2.22 bits per heavy atom. The molecule has 1 aliphatic rings. The predicted molar refractivity (Wildman–Crippen MR) is 101 cm³/mol. The summed E-state index contributed by atoms with van der Waals surface area (Å²) in [5, 5.41) is 4.70. The summed E-state index contributed by atoms with van der Waals surface area (Å²) in [6.07, 6.45) is 2.38. The fourth-order valence-corrected chi connectivity index (χ4v) is 3.54. The van der Waals surface area contributed by atoms with Crippen molar-refractivity contribution in [1.82, 2.24) is 19.7 Å². The first-order chi connectivity index (χ1) is 13.0. The average molecular weight is 372 g/mol. The van der Waals surface area contributed by atoms with Crippen LogP contribution in [0.25, 0.3) is 0 Å². The average Bonchev–Trinajstić information content (AvgIpc) is 3.03. The van der Waals surface area contributed by atoms with Crippen molar-refractivity contribution in [2.75, 3.05) is 20.3 Å². The van der Waals surface area contributed by atoms with Crippen molar-refractivity contribution in [3.63, 3.8) is 0 Å². The van der Waals surface area contributed by atoms with E-state index in [4.69, 9.17) is 14.6 Å². The van der Waals surface area contributed by atoms with Gasteiger partial charge in [0.2, 0.25) is 0 Å². The molecule has 0 aromatic carbocycles. The zero-order valence-electron chi connectivity index (χ0n) is 16.5. The van der Waals surface area contributed by atoms with Crippen LogP contribution in [-0.2, 0) is 29.0 Å². The van der Waals surface area contributed by atoms with E-state index >= 15 is 0 Å². The maximum atomic E-state index is 13.5. The fourth-order valence-electron chi connectivity index (χ4n) is 3.54. The van der Waals surface area contributed by atoms with Gasteiger partial charge in [0.05, 0.1) is 43.3 Å². The highest BCUT2D eigenvalue weighted by atomic mass is 16.5. The van der Waals surface area contributed by atoms with Crippen molar-refractivity contribution >= 4 is 5.91 Å².